The first-order chi connectivity index (χ1) is 9.51. The van der Waals surface area contributed by atoms with E-state index in [0.717, 1.165) is 21.4 Å². The van der Waals surface area contributed by atoms with E-state index in [1.165, 1.54) is 0 Å². The van der Waals surface area contributed by atoms with Crippen LogP contribution in [0.5, 0.6) is 0 Å². The lowest BCUT2D eigenvalue weighted by Gasteiger charge is -2.03. The zero-order valence-electron chi connectivity index (χ0n) is 11.4. The summed E-state index contributed by atoms with van der Waals surface area (Å²) < 4.78 is 2.30. The van der Waals surface area contributed by atoms with Crippen LogP contribution in [-0.4, -0.2) is 14.8 Å². The standard InChI is InChI=1S/C10H9N3S2.C4H7Cl/c1-3-7(2)13-9(11-12-10(13)14)8-5-4-6-15-8;1-3-4(2)5/h3-6H,1-2H2,(H,12,14);3H,1-2H3/b;4-3+. The monoisotopic (exact) mass is 325 g/mol. The minimum Gasteiger partial charge on any atom is -0.268 e. The first-order valence-corrected chi connectivity index (χ1v) is 7.49. The Morgan fingerprint density at radius 2 is 2.25 bits per heavy atom. The predicted octanol–water partition coefficient (Wildman–Crippen LogP) is 5.47. The molecule has 0 amide bonds. The number of halogens is 1. The zero-order chi connectivity index (χ0) is 15.1. The van der Waals surface area contributed by atoms with Crippen molar-refractivity contribution in [2.75, 3.05) is 0 Å². The highest BCUT2D eigenvalue weighted by atomic mass is 35.5. The van der Waals surface area contributed by atoms with Gasteiger partial charge < -0.3 is 0 Å². The minimum absolute atomic E-state index is 0.531. The van der Waals surface area contributed by atoms with Crippen molar-refractivity contribution >= 4 is 40.9 Å². The topological polar surface area (TPSA) is 33.6 Å². The number of aromatic nitrogens is 3. The summed E-state index contributed by atoms with van der Waals surface area (Å²) in [5.74, 6) is 0.778. The fraction of sp³-hybridized carbons (Fsp3) is 0.143. The van der Waals surface area contributed by atoms with Gasteiger partial charge >= 0.3 is 0 Å². The third-order valence-corrected chi connectivity index (χ3v) is 3.69. The van der Waals surface area contributed by atoms with Crippen LogP contribution in [0.2, 0.25) is 0 Å². The second kappa shape index (κ2) is 7.99. The smallest absolute Gasteiger partial charge is 0.200 e. The van der Waals surface area contributed by atoms with Crippen LogP contribution in [0.3, 0.4) is 0 Å². The number of hydrogen-bond donors (Lipinski definition) is 1. The van der Waals surface area contributed by atoms with E-state index in [4.69, 9.17) is 23.8 Å². The molecule has 2 aromatic rings. The largest absolute Gasteiger partial charge is 0.268 e. The summed E-state index contributed by atoms with van der Waals surface area (Å²) in [7, 11) is 0. The van der Waals surface area contributed by atoms with Crippen molar-refractivity contribution in [1.29, 1.82) is 0 Å². The molecule has 0 radical (unpaired) electrons. The predicted molar refractivity (Wildman–Crippen MR) is 91.5 cm³/mol. The van der Waals surface area contributed by atoms with Gasteiger partial charge in [-0.2, -0.15) is 5.10 Å². The Labute approximate surface area is 132 Å². The van der Waals surface area contributed by atoms with E-state index in [1.54, 1.807) is 22.0 Å². The second-order valence-corrected chi connectivity index (χ2v) is 5.67. The van der Waals surface area contributed by atoms with Gasteiger partial charge in [-0.15, -0.1) is 11.3 Å². The maximum Gasteiger partial charge on any atom is 0.200 e. The van der Waals surface area contributed by atoms with E-state index < -0.39 is 0 Å². The van der Waals surface area contributed by atoms with E-state index >= 15 is 0 Å². The summed E-state index contributed by atoms with van der Waals surface area (Å²) in [5, 5.41) is 9.78. The van der Waals surface area contributed by atoms with E-state index in [2.05, 4.69) is 23.4 Å². The van der Waals surface area contributed by atoms with Crippen LogP contribution in [0.15, 0.2) is 47.9 Å². The van der Waals surface area contributed by atoms with Crippen molar-refractivity contribution in [2.24, 2.45) is 0 Å². The lowest BCUT2D eigenvalue weighted by atomic mass is 10.4. The van der Waals surface area contributed by atoms with Crippen LogP contribution in [-0.2, 0) is 0 Å². The van der Waals surface area contributed by atoms with E-state index in [1.807, 2.05) is 37.4 Å². The molecule has 0 unspecified atom stereocenters. The molecule has 0 spiro atoms. The second-order valence-electron chi connectivity index (χ2n) is 3.74. The SMILES string of the molecule is C/C=C(\C)Cl.C=CC(=C)n1c(-c2cccs2)n[nH]c1=S. The van der Waals surface area contributed by atoms with E-state index in [0.29, 0.717) is 4.77 Å². The molecule has 6 heteroatoms. The van der Waals surface area contributed by atoms with Gasteiger partial charge in [-0.3, -0.25) is 9.67 Å². The molecular weight excluding hydrogens is 310 g/mol. The highest BCUT2D eigenvalue weighted by Gasteiger charge is 2.10. The lowest BCUT2D eigenvalue weighted by molar-refractivity contribution is 1.07. The quantitative estimate of drug-likeness (QED) is 0.599. The molecule has 0 atom stereocenters. The van der Waals surface area contributed by atoms with Gasteiger partial charge in [-0.1, -0.05) is 36.9 Å². The highest BCUT2D eigenvalue weighted by molar-refractivity contribution is 7.71. The summed E-state index contributed by atoms with van der Waals surface area (Å²) in [5.41, 5.74) is 0.720. The third-order valence-electron chi connectivity index (χ3n) is 2.33. The van der Waals surface area contributed by atoms with Crippen molar-refractivity contribution in [2.45, 2.75) is 13.8 Å². The summed E-state index contributed by atoms with van der Waals surface area (Å²) in [6.07, 6.45) is 3.50. The molecule has 0 aliphatic rings. The summed E-state index contributed by atoms with van der Waals surface area (Å²) in [6, 6.07) is 3.96. The summed E-state index contributed by atoms with van der Waals surface area (Å²) >= 11 is 12.1. The fourth-order valence-electron chi connectivity index (χ4n) is 1.23. The molecule has 0 aliphatic heterocycles. The Balaban J connectivity index is 0.000000347. The lowest BCUT2D eigenvalue weighted by Crippen LogP contribution is -1.95. The highest BCUT2D eigenvalue weighted by Crippen LogP contribution is 2.24. The van der Waals surface area contributed by atoms with Crippen LogP contribution >= 0.6 is 35.2 Å². The maximum atomic E-state index is 5.32. The van der Waals surface area contributed by atoms with Crippen LogP contribution < -0.4 is 0 Å². The third kappa shape index (κ3) is 4.30. The van der Waals surface area contributed by atoms with Gasteiger partial charge in [-0.25, -0.2) is 0 Å². The first-order valence-electron chi connectivity index (χ1n) is 5.82. The molecule has 0 aromatic carbocycles. The summed E-state index contributed by atoms with van der Waals surface area (Å²) in [4.78, 5) is 1.05. The molecule has 2 rings (SSSR count). The zero-order valence-corrected chi connectivity index (χ0v) is 13.8. The molecule has 106 valence electrons. The average Bonchev–Trinajstić information content (AvgIpc) is 3.07. The fourth-order valence-corrected chi connectivity index (χ4v) is 2.18. The van der Waals surface area contributed by atoms with Crippen molar-refractivity contribution in [3.63, 3.8) is 0 Å². The van der Waals surface area contributed by atoms with Gasteiger partial charge in [0.25, 0.3) is 0 Å². The van der Waals surface area contributed by atoms with Gasteiger partial charge in [0.2, 0.25) is 0 Å². The molecule has 0 aliphatic carbocycles. The number of nitrogens with one attached hydrogen (secondary N) is 1. The number of thiophene rings is 1. The van der Waals surface area contributed by atoms with Crippen LogP contribution in [0, 0.1) is 4.77 Å². The van der Waals surface area contributed by atoms with Gasteiger partial charge in [0.1, 0.15) is 0 Å². The van der Waals surface area contributed by atoms with Gasteiger partial charge in [0, 0.05) is 10.7 Å². The molecule has 2 heterocycles. The Morgan fingerprint density at radius 3 is 2.70 bits per heavy atom. The average molecular weight is 326 g/mol. The van der Waals surface area contributed by atoms with E-state index in [9.17, 15) is 0 Å². The number of hydrogen-bond acceptors (Lipinski definition) is 3. The Morgan fingerprint density at radius 1 is 1.60 bits per heavy atom. The molecule has 20 heavy (non-hydrogen) atoms. The Bertz CT molecular complexity index is 659. The maximum absolute atomic E-state index is 5.32. The Hall–Kier alpha value is -1.43. The van der Waals surface area contributed by atoms with Crippen molar-refractivity contribution in [1.82, 2.24) is 14.8 Å². The van der Waals surface area contributed by atoms with E-state index in [-0.39, 0.29) is 0 Å². The van der Waals surface area contributed by atoms with Crippen LogP contribution in [0.4, 0.5) is 0 Å². The van der Waals surface area contributed by atoms with Crippen molar-refractivity contribution in [3.05, 3.63) is 52.6 Å². The number of H-pyrrole nitrogens is 1. The molecule has 0 fully saturated rings. The number of aromatic amines is 1. The molecule has 1 N–H and O–H groups in total. The molecular formula is C14H16ClN3S2. The Kier molecular flexibility index (Phi) is 6.64. The van der Waals surface area contributed by atoms with Gasteiger partial charge in [0.15, 0.2) is 10.6 Å². The van der Waals surface area contributed by atoms with Crippen LogP contribution in [0.25, 0.3) is 16.4 Å². The number of rotatable bonds is 3. The molecule has 2 aromatic heterocycles. The first kappa shape index (κ1) is 16.6. The molecule has 0 saturated heterocycles. The van der Waals surface area contributed by atoms with Gasteiger partial charge in [-0.05, 0) is 43.6 Å². The van der Waals surface area contributed by atoms with Crippen molar-refractivity contribution in [3.8, 4) is 10.7 Å². The molecule has 3 nitrogen and oxygen atoms in total. The minimum atomic E-state index is 0.531. The number of nitrogens with zero attached hydrogens (tertiary/aromatic N) is 2. The molecule has 0 bridgehead atoms. The normalized spacial score (nSPS) is 10.7. The molecule has 0 saturated carbocycles. The van der Waals surface area contributed by atoms with Crippen LogP contribution in [0.1, 0.15) is 13.8 Å². The van der Waals surface area contributed by atoms with Gasteiger partial charge in [0.05, 0.1) is 4.88 Å². The number of allylic oxidation sites excluding steroid dienone is 4. The van der Waals surface area contributed by atoms with Crippen molar-refractivity contribution < 1.29 is 0 Å². The summed E-state index contributed by atoms with van der Waals surface area (Å²) in [6.45, 7) is 11.3.